The molecule has 0 radical (unpaired) electrons. The number of fused-ring (bicyclic) bond motifs is 3. The predicted octanol–water partition coefficient (Wildman–Crippen LogP) is -3.86. The normalized spacial score (nSPS) is 44.3. The fourth-order valence-corrected chi connectivity index (χ4v) is 2.81. The van der Waals surface area contributed by atoms with Gasteiger partial charge in [0.15, 0.2) is 11.6 Å². The average molecular weight is 296 g/mol. The van der Waals surface area contributed by atoms with E-state index in [2.05, 4.69) is 0 Å². The van der Waals surface area contributed by atoms with Crippen molar-refractivity contribution in [3.63, 3.8) is 0 Å². The van der Waals surface area contributed by atoms with Crippen molar-refractivity contribution >= 4 is 5.97 Å². The number of hydrogen-bond donors (Lipinski definition) is 0. The Balaban J connectivity index is 0.00000147. The molecule has 0 aromatic carbocycles. The molecular formula is C12H17NaO7. The monoisotopic (exact) mass is 296 g/mol. The van der Waals surface area contributed by atoms with Gasteiger partial charge in [0.1, 0.15) is 24.3 Å². The van der Waals surface area contributed by atoms with Gasteiger partial charge in [-0.15, -0.1) is 0 Å². The van der Waals surface area contributed by atoms with Gasteiger partial charge in [-0.25, -0.2) is 0 Å². The van der Waals surface area contributed by atoms with Crippen molar-refractivity contribution in [2.24, 2.45) is 0 Å². The molecule has 0 amide bonds. The molecule has 0 saturated carbocycles. The first-order valence-corrected chi connectivity index (χ1v) is 6.24. The van der Waals surface area contributed by atoms with Gasteiger partial charge in [-0.2, -0.15) is 0 Å². The van der Waals surface area contributed by atoms with E-state index >= 15 is 0 Å². The van der Waals surface area contributed by atoms with E-state index in [0.29, 0.717) is 0 Å². The Morgan fingerprint density at radius 1 is 1.10 bits per heavy atom. The maximum atomic E-state index is 11.5. The van der Waals surface area contributed by atoms with E-state index in [4.69, 9.17) is 23.7 Å². The Labute approximate surface area is 139 Å². The van der Waals surface area contributed by atoms with Crippen LogP contribution in [0.1, 0.15) is 27.7 Å². The first-order valence-electron chi connectivity index (χ1n) is 6.24. The molecular weight excluding hydrogens is 279 g/mol. The smallest absolute Gasteiger partial charge is 0.544 e. The standard InChI is InChI=1S/C12H18O7.Na/c1-10(2)15-5-6-7(17-10)8-12(16-6,9(13)14)19-11(3,4)18-8;/h6-8H,5H2,1-4H3,(H,13,14);/q;+1/p-1/t6-,7+,8-,12+;/m0./s1. The minimum atomic E-state index is -1.93. The molecule has 0 spiro atoms. The summed E-state index contributed by atoms with van der Waals surface area (Å²) in [6, 6.07) is 0. The van der Waals surface area contributed by atoms with Crippen LogP contribution in [0, 0.1) is 0 Å². The van der Waals surface area contributed by atoms with Gasteiger partial charge in [0.05, 0.1) is 6.61 Å². The van der Waals surface area contributed by atoms with E-state index in [1.54, 1.807) is 27.7 Å². The second-order valence-electron chi connectivity index (χ2n) is 5.94. The van der Waals surface area contributed by atoms with Gasteiger partial charge in [-0.1, -0.05) is 0 Å². The number of hydrogen-bond acceptors (Lipinski definition) is 7. The Morgan fingerprint density at radius 2 is 1.75 bits per heavy atom. The Hall–Kier alpha value is 0.270. The predicted molar refractivity (Wildman–Crippen MR) is 57.6 cm³/mol. The fourth-order valence-electron chi connectivity index (χ4n) is 2.81. The van der Waals surface area contributed by atoms with Crippen molar-refractivity contribution in [3.8, 4) is 0 Å². The van der Waals surface area contributed by atoms with E-state index in [9.17, 15) is 9.90 Å². The van der Waals surface area contributed by atoms with Gasteiger partial charge in [0, 0.05) is 0 Å². The summed E-state index contributed by atoms with van der Waals surface area (Å²) in [5.74, 6) is -5.27. The van der Waals surface area contributed by atoms with Crippen LogP contribution in [-0.2, 0) is 28.5 Å². The van der Waals surface area contributed by atoms with Gasteiger partial charge >= 0.3 is 29.6 Å². The molecule has 0 aromatic rings. The third-order valence-corrected chi connectivity index (χ3v) is 3.47. The molecule has 108 valence electrons. The van der Waals surface area contributed by atoms with Crippen LogP contribution >= 0.6 is 0 Å². The van der Waals surface area contributed by atoms with Crippen LogP contribution in [0.25, 0.3) is 0 Å². The largest absolute Gasteiger partial charge is 1.00 e. The van der Waals surface area contributed by atoms with Crippen LogP contribution in [0.5, 0.6) is 0 Å². The first kappa shape index (κ1) is 16.6. The molecule has 0 unspecified atom stereocenters. The molecule has 3 aliphatic heterocycles. The summed E-state index contributed by atoms with van der Waals surface area (Å²) in [7, 11) is 0. The van der Waals surface area contributed by atoms with E-state index in [1.165, 1.54) is 0 Å². The third-order valence-electron chi connectivity index (χ3n) is 3.47. The number of carbonyl (C=O) groups is 1. The van der Waals surface area contributed by atoms with Crippen LogP contribution in [0.3, 0.4) is 0 Å². The molecule has 3 rings (SSSR count). The molecule has 0 aromatic heterocycles. The molecule has 0 bridgehead atoms. The van der Waals surface area contributed by atoms with Crippen molar-refractivity contribution in [2.45, 2.75) is 63.4 Å². The number of carbonyl (C=O) groups excluding carboxylic acids is 1. The maximum absolute atomic E-state index is 11.5. The SMILES string of the molecule is CC1(C)OC[C@@H]2O[C@@]3(C(=O)[O-])OC(C)(C)O[C@H]3[C@@H]2O1.[Na+]. The first-order chi connectivity index (χ1) is 8.65. The quantitative estimate of drug-likeness (QED) is 0.458. The molecule has 0 aliphatic carbocycles. The molecule has 7 nitrogen and oxygen atoms in total. The van der Waals surface area contributed by atoms with Crippen LogP contribution in [0.15, 0.2) is 0 Å². The van der Waals surface area contributed by atoms with Crippen LogP contribution < -0.4 is 34.7 Å². The molecule has 3 saturated heterocycles. The number of aliphatic carboxylic acids is 1. The molecule has 20 heavy (non-hydrogen) atoms. The van der Waals surface area contributed by atoms with E-state index in [1.807, 2.05) is 0 Å². The zero-order valence-electron chi connectivity index (χ0n) is 12.3. The van der Waals surface area contributed by atoms with E-state index in [0.717, 1.165) is 0 Å². The zero-order valence-corrected chi connectivity index (χ0v) is 14.3. The second kappa shape index (κ2) is 4.89. The van der Waals surface area contributed by atoms with Gasteiger partial charge in [-0.3, -0.25) is 0 Å². The topological polar surface area (TPSA) is 86.3 Å². The minimum absolute atomic E-state index is 0. The molecule has 0 N–H and O–H groups in total. The third kappa shape index (κ3) is 2.44. The summed E-state index contributed by atoms with van der Waals surface area (Å²) in [6.07, 6.45) is -1.99. The van der Waals surface area contributed by atoms with Crippen LogP contribution in [-0.4, -0.2) is 48.2 Å². The van der Waals surface area contributed by atoms with Crippen molar-refractivity contribution < 1.29 is 63.1 Å². The zero-order chi connectivity index (χ0) is 14.1. The van der Waals surface area contributed by atoms with Crippen molar-refractivity contribution in [1.82, 2.24) is 0 Å². The number of carboxylic acids is 1. The van der Waals surface area contributed by atoms with Gasteiger partial charge in [0.2, 0.25) is 5.79 Å². The summed E-state index contributed by atoms with van der Waals surface area (Å²) in [4.78, 5) is 11.5. The second-order valence-corrected chi connectivity index (χ2v) is 5.94. The number of rotatable bonds is 1. The number of carboxylic acid groups (broad SMARTS) is 1. The van der Waals surface area contributed by atoms with Crippen molar-refractivity contribution in [3.05, 3.63) is 0 Å². The summed E-state index contributed by atoms with van der Waals surface area (Å²) < 4.78 is 27.8. The Morgan fingerprint density at radius 3 is 2.35 bits per heavy atom. The van der Waals surface area contributed by atoms with Crippen molar-refractivity contribution in [2.75, 3.05) is 6.61 Å². The Kier molecular flexibility index (Phi) is 4.07. The summed E-state index contributed by atoms with van der Waals surface area (Å²) in [6.45, 7) is 6.97. The summed E-state index contributed by atoms with van der Waals surface area (Å²) in [5, 5.41) is 11.5. The maximum Gasteiger partial charge on any atom is 1.00 e. The minimum Gasteiger partial charge on any atom is -0.544 e. The molecule has 3 aliphatic rings. The molecule has 3 fully saturated rings. The van der Waals surface area contributed by atoms with Crippen LogP contribution in [0.2, 0.25) is 0 Å². The average Bonchev–Trinajstić information content (AvgIpc) is 2.67. The summed E-state index contributed by atoms with van der Waals surface area (Å²) >= 11 is 0. The number of ether oxygens (including phenoxy) is 5. The fraction of sp³-hybridized carbons (Fsp3) is 0.917. The van der Waals surface area contributed by atoms with Crippen LogP contribution in [0.4, 0.5) is 0 Å². The molecule has 3 heterocycles. The van der Waals surface area contributed by atoms with Gasteiger partial charge in [0.25, 0.3) is 0 Å². The molecule has 4 atom stereocenters. The van der Waals surface area contributed by atoms with E-state index in [-0.39, 0.29) is 36.2 Å². The van der Waals surface area contributed by atoms with E-state index < -0.39 is 41.6 Å². The van der Waals surface area contributed by atoms with Gasteiger partial charge in [-0.05, 0) is 27.7 Å². The Bertz CT molecular complexity index is 424. The molecule has 8 heteroatoms. The summed E-state index contributed by atoms with van der Waals surface area (Å²) in [5.41, 5.74) is 0. The van der Waals surface area contributed by atoms with Crippen molar-refractivity contribution in [1.29, 1.82) is 0 Å². The van der Waals surface area contributed by atoms with Gasteiger partial charge < -0.3 is 33.6 Å².